The number of nitrogens with one attached hydrogen (secondary N) is 3. The van der Waals surface area contributed by atoms with Gasteiger partial charge in [-0.25, -0.2) is 5.48 Å². The van der Waals surface area contributed by atoms with Crippen LogP contribution in [0.25, 0.3) is 11.1 Å². The number of benzene rings is 3. The summed E-state index contributed by atoms with van der Waals surface area (Å²) < 4.78 is 0. The third kappa shape index (κ3) is 5.41. The molecule has 0 saturated carbocycles. The zero-order valence-corrected chi connectivity index (χ0v) is 16.8. The van der Waals surface area contributed by atoms with Gasteiger partial charge in [0.25, 0.3) is 17.7 Å². The molecule has 1 atom stereocenters. The number of rotatable bonds is 7. The van der Waals surface area contributed by atoms with Gasteiger partial charge < -0.3 is 20.8 Å². The van der Waals surface area contributed by atoms with Gasteiger partial charge >= 0.3 is 0 Å². The summed E-state index contributed by atoms with van der Waals surface area (Å²) in [4.78, 5) is 36.8. The van der Waals surface area contributed by atoms with Crippen molar-refractivity contribution in [3.63, 3.8) is 0 Å². The van der Waals surface area contributed by atoms with Crippen LogP contribution in [0.3, 0.4) is 0 Å². The van der Waals surface area contributed by atoms with Crippen molar-refractivity contribution in [2.45, 2.75) is 6.04 Å². The molecule has 0 radical (unpaired) electrons. The molecule has 3 amide bonds. The molecule has 0 fully saturated rings. The van der Waals surface area contributed by atoms with Crippen molar-refractivity contribution in [1.29, 1.82) is 0 Å². The zero-order valence-electron chi connectivity index (χ0n) is 16.8. The average Bonchev–Trinajstić information content (AvgIpc) is 2.83. The lowest BCUT2D eigenvalue weighted by atomic mass is 10.0. The maximum absolute atomic E-state index is 12.6. The highest BCUT2D eigenvalue weighted by atomic mass is 16.5. The molecule has 0 aliphatic heterocycles. The van der Waals surface area contributed by atoms with E-state index in [-0.39, 0.29) is 23.4 Å². The molecule has 3 aromatic rings. The highest BCUT2D eigenvalue weighted by molar-refractivity contribution is 5.98. The van der Waals surface area contributed by atoms with Crippen LogP contribution in [0.4, 0.5) is 0 Å². The summed E-state index contributed by atoms with van der Waals surface area (Å²) in [6, 6.07) is 18.5. The Morgan fingerprint density at radius 2 is 1.38 bits per heavy atom. The lowest BCUT2D eigenvalue weighted by molar-refractivity contribution is -0.131. The number of aromatic hydroxyl groups is 2. The van der Waals surface area contributed by atoms with Crippen LogP contribution in [0.2, 0.25) is 0 Å². The first-order valence-corrected chi connectivity index (χ1v) is 9.59. The van der Waals surface area contributed by atoms with Gasteiger partial charge in [-0.05, 0) is 41.5 Å². The smallest absolute Gasteiger partial charge is 0.267 e. The highest BCUT2D eigenvalue weighted by Gasteiger charge is 2.22. The van der Waals surface area contributed by atoms with Crippen LogP contribution in [0.5, 0.6) is 11.5 Å². The van der Waals surface area contributed by atoms with Crippen molar-refractivity contribution in [3.8, 4) is 22.6 Å². The van der Waals surface area contributed by atoms with E-state index in [4.69, 9.17) is 5.21 Å². The van der Waals surface area contributed by atoms with E-state index in [1.54, 1.807) is 24.3 Å². The molecule has 0 spiro atoms. The number of phenolic OH excluding ortho intramolecular Hbond substituents is 2. The SMILES string of the molecule is O=C(NCC(NC(=O)c1ccc(-c2ccccc2)cc1)C(=O)NO)c1ccc(O)c(O)c1. The number of hydrogen-bond acceptors (Lipinski definition) is 6. The summed E-state index contributed by atoms with van der Waals surface area (Å²) in [6.45, 7) is -0.333. The normalized spacial score (nSPS) is 11.3. The maximum atomic E-state index is 12.6. The van der Waals surface area contributed by atoms with E-state index in [0.717, 1.165) is 23.3 Å². The predicted octanol–water partition coefficient (Wildman–Crippen LogP) is 1.80. The molecule has 9 nitrogen and oxygen atoms in total. The minimum Gasteiger partial charge on any atom is -0.504 e. The molecular weight excluding hydrogens is 414 g/mol. The molecule has 0 aromatic heterocycles. The lowest BCUT2D eigenvalue weighted by Gasteiger charge is -2.17. The number of carbonyl (C=O) groups excluding carboxylic acids is 3. The number of hydrogen-bond donors (Lipinski definition) is 6. The fourth-order valence-corrected chi connectivity index (χ4v) is 2.93. The predicted molar refractivity (Wildman–Crippen MR) is 115 cm³/mol. The molecule has 3 rings (SSSR count). The van der Waals surface area contributed by atoms with Crippen LogP contribution in [0.15, 0.2) is 72.8 Å². The topological polar surface area (TPSA) is 148 Å². The minimum absolute atomic E-state index is 0.0336. The minimum atomic E-state index is -1.27. The molecule has 164 valence electrons. The first-order chi connectivity index (χ1) is 15.4. The Morgan fingerprint density at radius 3 is 2.00 bits per heavy atom. The number of phenols is 2. The van der Waals surface area contributed by atoms with Gasteiger partial charge in [-0.3, -0.25) is 19.6 Å². The Balaban J connectivity index is 1.65. The second kappa shape index (κ2) is 10.1. The standard InChI is InChI=1S/C23H21N3O6/c27-19-11-10-17(12-20(19)28)21(29)24-13-18(23(31)26-32)25-22(30)16-8-6-15(7-9-16)14-4-2-1-3-5-14/h1-12,18,27-28,32H,13H2,(H,24,29)(H,25,30)(H,26,31). The molecule has 6 N–H and O–H groups in total. The van der Waals surface area contributed by atoms with E-state index < -0.39 is 29.5 Å². The quantitative estimate of drug-likeness (QED) is 0.189. The molecule has 0 bridgehead atoms. The van der Waals surface area contributed by atoms with Gasteiger partial charge in [-0.15, -0.1) is 0 Å². The second-order valence-corrected chi connectivity index (χ2v) is 6.86. The molecule has 3 aromatic carbocycles. The molecular formula is C23H21N3O6. The summed E-state index contributed by atoms with van der Waals surface area (Å²) in [6.07, 6.45) is 0. The van der Waals surface area contributed by atoms with Crippen molar-refractivity contribution >= 4 is 17.7 Å². The summed E-state index contributed by atoms with van der Waals surface area (Å²) in [5.74, 6) is -3.01. The summed E-state index contributed by atoms with van der Waals surface area (Å²) in [5, 5.41) is 32.7. The molecule has 9 heteroatoms. The molecule has 0 saturated heterocycles. The Kier molecular flexibility index (Phi) is 7.04. The van der Waals surface area contributed by atoms with Gasteiger partial charge in [0, 0.05) is 17.7 Å². The van der Waals surface area contributed by atoms with Crippen molar-refractivity contribution < 1.29 is 29.8 Å². The van der Waals surface area contributed by atoms with Gasteiger partial charge in [-0.2, -0.15) is 0 Å². The van der Waals surface area contributed by atoms with E-state index in [1.165, 1.54) is 11.5 Å². The van der Waals surface area contributed by atoms with Crippen LogP contribution in [0, 0.1) is 0 Å². The van der Waals surface area contributed by atoms with Gasteiger partial charge in [0.2, 0.25) is 0 Å². The third-order valence-corrected chi connectivity index (χ3v) is 4.69. The molecule has 32 heavy (non-hydrogen) atoms. The average molecular weight is 435 g/mol. The van der Waals surface area contributed by atoms with Crippen LogP contribution in [0.1, 0.15) is 20.7 Å². The fourth-order valence-electron chi connectivity index (χ4n) is 2.93. The number of hydroxylamine groups is 1. The third-order valence-electron chi connectivity index (χ3n) is 4.69. The van der Waals surface area contributed by atoms with Crippen molar-refractivity contribution in [3.05, 3.63) is 83.9 Å². The molecule has 0 aliphatic rings. The van der Waals surface area contributed by atoms with E-state index in [1.807, 2.05) is 30.3 Å². The maximum Gasteiger partial charge on any atom is 0.267 e. The second-order valence-electron chi connectivity index (χ2n) is 6.86. The first kappa shape index (κ1) is 22.3. The van der Waals surface area contributed by atoms with E-state index in [2.05, 4.69) is 10.6 Å². The molecule has 1 unspecified atom stereocenters. The first-order valence-electron chi connectivity index (χ1n) is 9.59. The highest BCUT2D eigenvalue weighted by Crippen LogP contribution is 2.24. The number of carbonyl (C=O) groups is 3. The monoisotopic (exact) mass is 435 g/mol. The van der Waals surface area contributed by atoms with E-state index in [0.29, 0.717) is 0 Å². The lowest BCUT2D eigenvalue weighted by Crippen LogP contribution is -2.52. The Morgan fingerprint density at radius 1 is 0.750 bits per heavy atom. The van der Waals surface area contributed by atoms with Crippen LogP contribution in [-0.4, -0.2) is 45.7 Å². The summed E-state index contributed by atoms with van der Waals surface area (Å²) in [5.41, 5.74) is 3.67. The van der Waals surface area contributed by atoms with Gasteiger partial charge in [-0.1, -0.05) is 42.5 Å². The zero-order chi connectivity index (χ0) is 23.1. The summed E-state index contributed by atoms with van der Waals surface area (Å²) in [7, 11) is 0. The van der Waals surface area contributed by atoms with E-state index in [9.17, 15) is 24.6 Å². The Bertz CT molecular complexity index is 1120. The number of amides is 3. The Labute approximate surface area is 183 Å². The van der Waals surface area contributed by atoms with Gasteiger partial charge in [0.15, 0.2) is 11.5 Å². The van der Waals surface area contributed by atoms with Gasteiger partial charge in [0.05, 0.1) is 0 Å². The summed E-state index contributed by atoms with van der Waals surface area (Å²) >= 11 is 0. The van der Waals surface area contributed by atoms with Crippen LogP contribution >= 0.6 is 0 Å². The van der Waals surface area contributed by atoms with E-state index >= 15 is 0 Å². The van der Waals surface area contributed by atoms with Crippen LogP contribution in [-0.2, 0) is 4.79 Å². The fraction of sp³-hybridized carbons (Fsp3) is 0.0870. The Hall–Kier alpha value is -4.37. The van der Waals surface area contributed by atoms with Crippen LogP contribution < -0.4 is 16.1 Å². The van der Waals surface area contributed by atoms with Gasteiger partial charge in [0.1, 0.15) is 6.04 Å². The van der Waals surface area contributed by atoms with Crippen molar-refractivity contribution in [1.82, 2.24) is 16.1 Å². The molecule has 0 aliphatic carbocycles. The largest absolute Gasteiger partial charge is 0.504 e. The van der Waals surface area contributed by atoms with Crippen molar-refractivity contribution in [2.75, 3.05) is 6.54 Å². The molecule has 0 heterocycles. The van der Waals surface area contributed by atoms with Crippen molar-refractivity contribution in [2.24, 2.45) is 0 Å².